The molecule has 1 aromatic rings. The first-order chi connectivity index (χ1) is 7.35. The Morgan fingerprint density at radius 3 is 2.44 bits per heavy atom. The van der Waals surface area contributed by atoms with E-state index in [1.165, 1.54) is 0 Å². The highest BCUT2D eigenvalue weighted by Gasteiger charge is 2.10. The maximum Gasteiger partial charge on any atom is 0.246 e. The minimum absolute atomic E-state index is 0.443. The van der Waals surface area contributed by atoms with Crippen molar-refractivity contribution >= 4 is 33.0 Å². The largest absolute Gasteiger partial charge is 0.378 e. The van der Waals surface area contributed by atoms with Gasteiger partial charge in [0.15, 0.2) is 0 Å². The maximum absolute atomic E-state index is 11.3. The van der Waals surface area contributed by atoms with Gasteiger partial charge in [0.05, 0.1) is 5.69 Å². The van der Waals surface area contributed by atoms with Crippen LogP contribution in [0.15, 0.2) is 18.2 Å². The molecule has 1 rings (SSSR count). The number of rotatable bonds is 4. The Labute approximate surface area is 101 Å². The molecule has 0 heterocycles. The van der Waals surface area contributed by atoms with Gasteiger partial charge in [-0.1, -0.05) is 0 Å². The highest BCUT2D eigenvalue weighted by atomic mass is 35.5. The molecule has 0 aliphatic rings. The Kier molecular flexibility index (Phi) is 4.04. The van der Waals surface area contributed by atoms with Crippen molar-refractivity contribution in [3.8, 4) is 0 Å². The van der Waals surface area contributed by atoms with Crippen LogP contribution in [0.1, 0.15) is 5.56 Å². The van der Waals surface area contributed by atoms with Crippen LogP contribution in [0.4, 0.5) is 11.4 Å². The summed E-state index contributed by atoms with van der Waals surface area (Å²) in [5.74, 6) is 0. The number of hydrogen-bond donors (Lipinski definition) is 1. The smallest absolute Gasteiger partial charge is 0.246 e. The number of alkyl halides is 1. The number of nitrogens with zero attached hydrogens (tertiary/aromatic N) is 1. The molecule has 0 radical (unpaired) electrons. The summed E-state index contributed by atoms with van der Waals surface area (Å²) >= 11 is 5.32. The molecular weight excluding hydrogens is 248 g/mol. The summed E-state index contributed by atoms with van der Waals surface area (Å²) in [6, 6.07) is 5.49. The van der Waals surface area contributed by atoms with E-state index in [4.69, 9.17) is 11.6 Å². The van der Waals surface area contributed by atoms with Crippen molar-refractivity contribution in [2.75, 3.05) is 28.9 Å². The quantitative estimate of drug-likeness (QED) is 0.845. The van der Waals surface area contributed by atoms with Crippen LogP contribution in [-0.4, -0.2) is 27.7 Å². The average molecular weight is 263 g/mol. The van der Waals surface area contributed by atoms with Gasteiger partial charge in [0.25, 0.3) is 0 Å². The van der Waals surface area contributed by atoms with E-state index in [2.05, 4.69) is 4.72 Å². The predicted octanol–water partition coefficient (Wildman–Crippen LogP) is 2.00. The van der Waals surface area contributed by atoms with Gasteiger partial charge < -0.3 is 4.90 Å². The molecule has 0 aromatic heterocycles. The molecule has 0 atom stereocenters. The second kappa shape index (κ2) is 4.93. The Morgan fingerprint density at radius 2 is 2.00 bits per heavy atom. The molecule has 6 heteroatoms. The lowest BCUT2D eigenvalue weighted by atomic mass is 10.2. The third-order valence-corrected chi connectivity index (χ3v) is 3.82. The van der Waals surface area contributed by atoms with Crippen molar-refractivity contribution in [2.24, 2.45) is 0 Å². The first kappa shape index (κ1) is 13.1. The average Bonchev–Trinajstić information content (AvgIpc) is 2.20. The zero-order valence-electron chi connectivity index (χ0n) is 9.49. The zero-order valence-corrected chi connectivity index (χ0v) is 11.1. The van der Waals surface area contributed by atoms with Crippen LogP contribution in [0.25, 0.3) is 0 Å². The van der Waals surface area contributed by atoms with Gasteiger partial charge in [-0.2, -0.15) is 0 Å². The lowest BCUT2D eigenvalue weighted by Crippen LogP contribution is -2.15. The molecule has 0 spiro atoms. The van der Waals surface area contributed by atoms with E-state index < -0.39 is 15.2 Å². The summed E-state index contributed by atoms with van der Waals surface area (Å²) in [7, 11) is 0.430. The van der Waals surface area contributed by atoms with Crippen molar-refractivity contribution in [3.05, 3.63) is 23.8 Å². The highest BCUT2D eigenvalue weighted by Crippen LogP contribution is 2.22. The fourth-order valence-corrected chi connectivity index (χ4v) is 2.02. The van der Waals surface area contributed by atoms with E-state index >= 15 is 0 Å². The van der Waals surface area contributed by atoms with Gasteiger partial charge in [-0.3, -0.25) is 4.72 Å². The van der Waals surface area contributed by atoms with Crippen LogP contribution >= 0.6 is 11.6 Å². The lowest BCUT2D eigenvalue weighted by Gasteiger charge is -2.15. The molecule has 1 N–H and O–H groups in total. The molecule has 1 aromatic carbocycles. The van der Waals surface area contributed by atoms with E-state index in [1.807, 2.05) is 38.1 Å². The van der Waals surface area contributed by atoms with Gasteiger partial charge in [-0.05, 0) is 30.7 Å². The SMILES string of the molecule is Cc1cc(N(C)C)ccc1NS(=O)(=O)CCl. The molecule has 4 nitrogen and oxygen atoms in total. The first-order valence-corrected chi connectivity index (χ1v) is 6.89. The van der Waals surface area contributed by atoms with Crippen LogP contribution in [0.5, 0.6) is 0 Å². The predicted molar refractivity (Wildman–Crippen MR) is 68.8 cm³/mol. The van der Waals surface area contributed by atoms with E-state index in [-0.39, 0.29) is 0 Å². The summed E-state index contributed by atoms with van der Waals surface area (Å²) in [6.45, 7) is 1.85. The number of anilines is 2. The first-order valence-electron chi connectivity index (χ1n) is 4.70. The Bertz CT molecular complexity index is 472. The molecule has 0 unspecified atom stereocenters. The minimum Gasteiger partial charge on any atom is -0.378 e. The normalized spacial score (nSPS) is 11.2. The second-order valence-electron chi connectivity index (χ2n) is 3.72. The standard InChI is InChI=1S/C10H15ClN2O2S/c1-8-6-9(13(2)3)4-5-10(8)12-16(14,15)7-11/h4-6,12H,7H2,1-3H3. The number of nitrogens with one attached hydrogen (secondary N) is 1. The molecule has 90 valence electrons. The number of aryl methyl sites for hydroxylation is 1. The summed E-state index contributed by atoms with van der Waals surface area (Å²) in [5.41, 5.74) is 2.44. The molecule has 0 bridgehead atoms. The molecule has 0 aliphatic heterocycles. The van der Waals surface area contributed by atoms with Gasteiger partial charge in [-0.15, -0.1) is 11.6 Å². The highest BCUT2D eigenvalue weighted by molar-refractivity contribution is 7.93. The van der Waals surface area contributed by atoms with Crippen molar-refractivity contribution in [1.82, 2.24) is 0 Å². The summed E-state index contributed by atoms with van der Waals surface area (Å²) in [6.07, 6.45) is 0. The van der Waals surface area contributed by atoms with Gasteiger partial charge in [0.1, 0.15) is 5.21 Å². The van der Waals surface area contributed by atoms with Gasteiger partial charge in [-0.25, -0.2) is 8.42 Å². The van der Waals surface area contributed by atoms with Gasteiger partial charge >= 0.3 is 0 Å². The fourth-order valence-electron chi connectivity index (χ4n) is 1.24. The van der Waals surface area contributed by atoms with Crippen molar-refractivity contribution in [2.45, 2.75) is 6.92 Å². The lowest BCUT2D eigenvalue weighted by molar-refractivity contribution is 0.605. The van der Waals surface area contributed by atoms with Gasteiger partial charge in [0.2, 0.25) is 10.0 Å². The van der Waals surface area contributed by atoms with E-state index in [0.29, 0.717) is 5.69 Å². The van der Waals surface area contributed by atoms with Crippen molar-refractivity contribution in [1.29, 1.82) is 0 Å². The molecular formula is C10H15ClN2O2S. The van der Waals surface area contributed by atoms with Crippen molar-refractivity contribution < 1.29 is 8.42 Å². The molecule has 0 fully saturated rings. The molecule has 0 amide bonds. The monoisotopic (exact) mass is 262 g/mol. The molecule has 0 aliphatic carbocycles. The van der Waals surface area contributed by atoms with Crippen LogP contribution in [0.2, 0.25) is 0 Å². The minimum atomic E-state index is -3.43. The Balaban J connectivity index is 3.01. The van der Waals surface area contributed by atoms with Crippen LogP contribution in [0, 0.1) is 6.92 Å². The molecule has 16 heavy (non-hydrogen) atoms. The van der Waals surface area contributed by atoms with Crippen LogP contribution in [0.3, 0.4) is 0 Å². The topological polar surface area (TPSA) is 49.4 Å². The number of hydrogen-bond acceptors (Lipinski definition) is 3. The third-order valence-electron chi connectivity index (χ3n) is 2.14. The summed E-state index contributed by atoms with van der Waals surface area (Å²) in [5, 5.41) is -0.443. The van der Waals surface area contributed by atoms with Crippen molar-refractivity contribution in [3.63, 3.8) is 0 Å². The number of sulfonamides is 1. The maximum atomic E-state index is 11.3. The number of benzene rings is 1. The number of halogens is 1. The van der Waals surface area contributed by atoms with Gasteiger partial charge in [0, 0.05) is 19.8 Å². The van der Waals surface area contributed by atoms with E-state index in [1.54, 1.807) is 6.07 Å². The Morgan fingerprint density at radius 1 is 1.38 bits per heavy atom. The third kappa shape index (κ3) is 3.28. The molecule has 0 saturated heterocycles. The molecule has 0 saturated carbocycles. The summed E-state index contributed by atoms with van der Waals surface area (Å²) < 4.78 is 25.0. The van der Waals surface area contributed by atoms with Crippen LogP contribution < -0.4 is 9.62 Å². The van der Waals surface area contributed by atoms with E-state index in [0.717, 1.165) is 11.3 Å². The summed E-state index contributed by atoms with van der Waals surface area (Å²) in [4.78, 5) is 1.95. The van der Waals surface area contributed by atoms with E-state index in [9.17, 15) is 8.42 Å². The second-order valence-corrected chi connectivity index (χ2v) is 6.03. The zero-order chi connectivity index (χ0) is 12.3. The fraction of sp³-hybridized carbons (Fsp3) is 0.400. The Hall–Kier alpha value is -0.940. The van der Waals surface area contributed by atoms with Crippen LogP contribution in [-0.2, 0) is 10.0 Å².